The molecule has 46 heavy (non-hydrogen) atoms. The van der Waals surface area contributed by atoms with Gasteiger partial charge in [0, 0.05) is 50.0 Å². The molecule has 5 aromatic carbocycles. The molecule has 0 unspecified atom stereocenters. The fraction of sp³-hybridized carbons (Fsp3) is 0.0488. The third-order valence-corrected chi connectivity index (χ3v) is 8.34. The van der Waals surface area contributed by atoms with E-state index in [1.807, 2.05) is 60.7 Å². The number of pyridine rings is 2. The summed E-state index contributed by atoms with van der Waals surface area (Å²) in [7, 11) is 0. The van der Waals surface area contributed by atoms with Crippen LogP contribution < -0.4 is 0 Å². The van der Waals surface area contributed by atoms with Crippen LogP contribution in [0, 0.1) is 13.8 Å². The first-order valence-corrected chi connectivity index (χ1v) is 15.3. The Morgan fingerprint density at radius 1 is 0.326 bits per heavy atom. The molecule has 0 spiro atoms. The second-order valence-electron chi connectivity index (χ2n) is 11.5. The van der Waals surface area contributed by atoms with Gasteiger partial charge >= 0.3 is 0 Å². The lowest BCUT2D eigenvalue weighted by Gasteiger charge is -2.13. The monoisotopic (exact) mass is 591 g/mol. The molecule has 8 rings (SSSR count). The third-order valence-electron chi connectivity index (χ3n) is 8.34. The molecule has 0 aliphatic carbocycles. The van der Waals surface area contributed by atoms with Crippen molar-refractivity contribution >= 4 is 21.5 Å². The van der Waals surface area contributed by atoms with Gasteiger partial charge in [0.05, 0.1) is 11.4 Å². The molecule has 0 saturated heterocycles. The van der Waals surface area contributed by atoms with Gasteiger partial charge in [-0.25, -0.2) is 15.0 Å². The molecule has 0 fully saturated rings. The Balaban J connectivity index is 1.39. The molecule has 0 bridgehead atoms. The lowest BCUT2D eigenvalue weighted by molar-refractivity contribution is 1.07. The van der Waals surface area contributed by atoms with Crippen LogP contribution in [0.3, 0.4) is 0 Å². The smallest absolute Gasteiger partial charge is 0.164 e. The van der Waals surface area contributed by atoms with Gasteiger partial charge in [0.25, 0.3) is 0 Å². The molecule has 3 aromatic heterocycles. The molecular weight excluding hydrogens is 562 g/mol. The highest BCUT2D eigenvalue weighted by atomic mass is 15.0. The largest absolute Gasteiger partial charge is 0.252 e. The third kappa shape index (κ3) is 5.18. The summed E-state index contributed by atoms with van der Waals surface area (Å²) in [5.41, 5.74) is 8.40. The van der Waals surface area contributed by atoms with Crippen molar-refractivity contribution in [1.82, 2.24) is 24.9 Å². The summed E-state index contributed by atoms with van der Waals surface area (Å²) in [4.78, 5) is 25.1. The van der Waals surface area contributed by atoms with E-state index in [9.17, 15) is 0 Å². The summed E-state index contributed by atoms with van der Waals surface area (Å²) in [5.74, 6) is 1.83. The minimum Gasteiger partial charge on any atom is -0.252 e. The summed E-state index contributed by atoms with van der Waals surface area (Å²) in [6, 6.07) is 47.6. The van der Waals surface area contributed by atoms with E-state index in [0.29, 0.717) is 17.5 Å². The van der Waals surface area contributed by atoms with Gasteiger partial charge in [0.2, 0.25) is 0 Å². The molecule has 3 heterocycles. The zero-order valence-corrected chi connectivity index (χ0v) is 25.5. The Morgan fingerprint density at radius 3 is 1.15 bits per heavy atom. The topological polar surface area (TPSA) is 64.5 Å². The van der Waals surface area contributed by atoms with E-state index in [4.69, 9.17) is 24.9 Å². The summed E-state index contributed by atoms with van der Waals surface area (Å²) in [5, 5.41) is 4.59. The van der Waals surface area contributed by atoms with Gasteiger partial charge in [-0.15, -0.1) is 0 Å². The highest BCUT2D eigenvalue weighted by Gasteiger charge is 2.16. The quantitative estimate of drug-likeness (QED) is 0.199. The normalized spacial score (nSPS) is 11.3. The molecule has 218 valence electrons. The van der Waals surface area contributed by atoms with Crippen molar-refractivity contribution < 1.29 is 0 Å². The Morgan fingerprint density at radius 2 is 0.696 bits per heavy atom. The van der Waals surface area contributed by atoms with Crippen LogP contribution in [0.4, 0.5) is 0 Å². The number of hydrogen-bond donors (Lipinski definition) is 0. The van der Waals surface area contributed by atoms with Gasteiger partial charge in [-0.05, 0) is 55.0 Å². The number of benzene rings is 5. The van der Waals surface area contributed by atoms with Crippen molar-refractivity contribution in [2.45, 2.75) is 13.8 Å². The number of aryl methyl sites for hydroxylation is 2. The van der Waals surface area contributed by atoms with Crippen LogP contribution >= 0.6 is 0 Å². The highest BCUT2D eigenvalue weighted by molar-refractivity contribution is 5.91. The van der Waals surface area contributed by atoms with Crippen molar-refractivity contribution in [2.75, 3.05) is 0 Å². The van der Waals surface area contributed by atoms with Crippen LogP contribution in [-0.2, 0) is 0 Å². The summed E-state index contributed by atoms with van der Waals surface area (Å²) >= 11 is 0. The Kier molecular flexibility index (Phi) is 6.84. The van der Waals surface area contributed by atoms with Crippen molar-refractivity contribution in [3.05, 3.63) is 151 Å². The van der Waals surface area contributed by atoms with Crippen LogP contribution in [-0.4, -0.2) is 24.9 Å². The Hall–Kier alpha value is -6.07. The van der Waals surface area contributed by atoms with E-state index in [1.54, 1.807) is 0 Å². The fourth-order valence-electron chi connectivity index (χ4n) is 6.03. The van der Waals surface area contributed by atoms with E-state index in [-0.39, 0.29) is 0 Å². The zero-order chi connectivity index (χ0) is 31.0. The molecular formula is C41H29N5. The lowest BCUT2D eigenvalue weighted by Crippen LogP contribution is -2.01. The molecule has 0 aliphatic rings. The second-order valence-corrected chi connectivity index (χ2v) is 11.5. The molecule has 0 N–H and O–H groups in total. The summed E-state index contributed by atoms with van der Waals surface area (Å²) < 4.78 is 0. The SMILES string of the molecule is Cc1nc(-c2cc(-c3cc4ccccc4c(C)n3)cc(-c3nc(-c4ccccc4)nc(-c4ccccc4)n3)c2)cc2ccccc12. The van der Waals surface area contributed by atoms with E-state index in [0.717, 1.165) is 72.1 Å². The van der Waals surface area contributed by atoms with E-state index in [1.165, 1.54) is 0 Å². The molecule has 5 heteroatoms. The average molecular weight is 592 g/mol. The maximum atomic E-state index is 5.07. The number of fused-ring (bicyclic) bond motifs is 2. The molecule has 5 nitrogen and oxygen atoms in total. The van der Waals surface area contributed by atoms with Crippen molar-refractivity contribution in [3.63, 3.8) is 0 Å². The standard InChI is InChI=1S/C41H29N5/c1-26-35-19-11-9-17-30(35)24-37(42-26)32-21-33(38-25-31-18-10-12-20-36(31)27(2)43-38)23-34(22-32)41-45-39(28-13-5-3-6-14-28)44-40(46-41)29-15-7-4-8-16-29/h3-25H,1-2H3. The number of hydrogen-bond acceptors (Lipinski definition) is 5. The first kappa shape index (κ1) is 27.5. The van der Waals surface area contributed by atoms with Crippen molar-refractivity contribution in [1.29, 1.82) is 0 Å². The zero-order valence-electron chi connectivity index (χ0n) is 25.5. The van der Waals surface area contributed by atoms with Crippen molar-refractivity contribution in [2.24, 2.45) is 0 Å². The Bertz CT molecular complexity index is 2220. The van der Waals surface area contributed by atoms with E-state index in [2.05, 4.69) is 92.7 Å². The van der Waals surface area contributed by atoms with E-state index >= 15 is 0 Å². The minimum absolute atomic E-state index is 0.589. The maximum absolute atomic E-state index is 5.07. The van der Waals surface area contributed by atoms with Crippen LogP contribution in [0.5, 0.6) is 0 Å². The van der Waals surface area contributed by atoms with Gasteiger partial charge in [0.15, 0.2) is 17.5 Å². The van der Waals surface area contributed by atoms with Gasteiger partial charge < -0.3 is 0 Å². The van der Waals surface area contributed by atoms with Crippen LogP contribution in [0.25, 0.3) is 78.2 Å². The minimum atomic E-state index is 0.589. The molecule has 0 amide bonds. The lowest BCUT2D eigenvalue weighted by atomic mass is 9.97. The summed E-state index contributed by atoms with van der Waals surface area (Å²) in [6.45, 7) is 4.13. The predicted octanol–water partition coefficient (Wildman–Crippen LogP) is 9.92. The molecule has 0 aliphatic heterocycles. The molecule has 0 saturated carbocycles. The van der Waals surface area contributed by atoms with Crippen LogP contribution in [0.1, 0.15) is 11.4 Å². The summed E-state index contributed by atoms with van der Waals surface area (Å²) in [6.07, 6.45) is 0. The fourth-order valence-corrected chi connectivity index (χ4v) is 6.03. The number of rotatable bonds is 5. The van der Waals surface area contributed by atoms with Gasteiger partial charge in [-0.3, -0.25) is 9.97 Å². The van der Waals surface area contributed by atoms with Gasteiger partial charge in [-0.1, -0.05) is 109 Å². The Labute approximate surface area is 267 Å². The first-order chi connectivity index (χ1) is 22.6. The average Bonchev–Trinajstić information content (AvgIpc) is 3.12. The van der Waals surface area contributed by atoms with E-state index < -0.39 is 0 Å². The number of aromatic nitrogens is 5. The first-order valence-electron chi connectivity index (χ1n) is 15.3. The maximum Gasteiger partial charge on any atom is 0.164 e. The molecule has 8 aromatic rings. The molecule has 0 atom stereocenters. The van der Waals surface area contributed by atoms with Gasteiger partial charge in [-0.2, -0.15) is 0 Å². The van der Waals surface area contributed by atoms with Crippen LogP contribution in [0.15, 0.2) is 140 Å². The second kappa shape index (κ2) is 11.5. The number of nitrogens with zero attached hydrogens (tertiary/aromatic N) is 5. The van der Waals surface area contributed by atoms with Crippen LogP contribution in [0.2, 0.25) is 0 Å². The van der Waals surface area contributed by atoms with Gasteiger partial charge in [0.1, 0.15) is 0 Å². The molecule has 0 radical (unpaired) electrons. The highest BCUT2D eigenvalue weighted by Crippen LogP contribution is 2.35. The predicted molar refractivity (Wildman–Crippen MR) is 187 cm³/mol. The van der Waals surface area contributed by atoms with Crippen molar-refractivity contribution in [3.8, 4) is 56.7 Å².